The van der Waals surface area contributed by atoms with Gasteiger partial charge in [0.15, 0.2) is 5.76 Å². The van der Waals surface area contributed by atoms with E-state index >= 15 is 0 Å². The maximum Gasteiger partial charge on any atom is 0.287 e. The van der Waals surface area contributed by atoms with Gasteiger partial charge in [0.1, 0.15) is 5.58 Å². The van der Waals surface area contributed by atoms with E-state index in [1.165, 1.54) is 12.8 Å². The summed E-state index contributed by atoms with van der Waals surface area (Å²) < 4.78 is 6.67. The topological polar surface area (TPSA) is 74.6 Å². The number of halogens is 1. The Balaban J connectivity index is 1.36. The van der Waals surface area contributed by atoms with Crippen LogP contribution in [0, 0.1) is 6.92 Å². The molecule has 0 bridgehead atoms. The van der Waals surface area contributed by atoms with Crippen molar-refractivity contribution in [2.24, 2.45) is 0 Å². The number of amides is 2. The highest BCUT2D eigenvalue weighted by molar-refractivity contribution is 9.10. The molecule has 1 saturated heterocycles. The predicted molar refractivity (Wildman–Crippen MR) is 127 cm³/mol. The first kappa shape index (κ1) is 21.4. The van der Waals surface area contributed by atoms with Crippen molar-refractivity contribution in [1.29, 1.82) is 0 Å². The second-order valence-corrected chi connectivity index (χ2v) is 8.98. The summed E-state index contributed by atoms with van der Waals surface area (Å²) in [7, 11) is 0. The van der Waals surface area contributed by atoms with Gasteiger partial charge < -0.3 is 20.0 Å². The van der Waals surface area contributed by atoms with Gasteiger partial charge in [0.05, 0.1) is 0 Å². The number of carbonyl (C=O) groups is 2. The van der Waals surface area contributed by atoms with Gasteiger partial charge in [-0.15, -0.1) is 0 Å². The summed E-state index contributed by atoms with van der Waals surface area (Å²) in [4.78, 5) is 27.5. The Labute approximate surface area is 190 Å². The van der Waals surface area contributed by atoms with E-state index in [0.717, 1.165) is 39.9 Å². The SMILES string of the molecule is Cc1c(C(=O)NC(C)CC(=O)Nc2cccc(N3CCCC3)c2)oc2ccc(Br)cc12. The normalized spacial score (nSPS) is 14.6. The number of rotatable bonds is 6. The molecular weight excluding hydrogens is 458 g/mol. The molecule has 3 aromatic rings. The van der Waals surface area contributed by atoms with E-state index in [1.54, 1.807) is 0 Å². The van der Waals surface area contributed by atoms with Crippen LogP contribution in [-0.4, -0.2) is 30.9 Å². The van der Waals surface area contributed by atoms with Gasteiger partial charge in [-0.3, -0.25) is 9.59 Å². The molecule has 0 spiro atoms. The molecule has 1 aliphatic heterocycles. The summed E-state index contributed by atoms with van der Waals surface area (Å²) in [5.74, 6) is -0.184. The molecule has 7 heteroatoms. The minimum absolute atomic E-state index is 0.142. The molecule has 1 fully saturated rings. The Hall–Kier alpha value is -2.80. The number of carbonyl (C=O) groups excluding carboxylic acids is 2. The van der Waals surface area contributed by atoms with Crippen molar-refractivity contribution in [3.05, 3.63) is 58.3 Å². The zero-order valence-corrected chi connectivity index (χ0v) is 19.3. The molecule has 0 aliphatic carbocycles. The minimum atomic E-state index is -0.339. The van der Waals surface area contributed by atoms with Gasteiger partial charge >= 0.3 is 0 Å². The number of nitrogens with zero attached hydrogens (tertiary/aromatic N) is 1. The van der Waals surface area contributed by atoms with Crippen LogP contribution in [0.2, 0.25) is 0 Å². The molecule has 1 aliphatic rings. The predicted octanol–water partition coefficient (Wildman–Crippen LogP) is 5.25. The van der Waals surface area contributed by atoms with E-state index in [-0.39, 0.29) is 30.0 Å². The van der Waals surface area contributed by atoms with Gasteiger partial charge in [0, 0.05) is 52.3 Å². The second-order valence-electron chi connectivity index (χ2n) is 8.07. The van der Waals surface area contributed by atoms with E-state index in [0.29, 0.717) is 5.58 Å². The second kappa shape index (κ2) is 9.14. The fourth-order valence-corrected chi connectivity index (χ4v) is 4.36. The third-order valence-corrected chi connectivity index (χ3v) is 6.07. The van der Waals surface area contributed by atoms with E-state index in [9.17, 15) is 9.59 Å². The molecule has 1 aromatic heterocycles. The largest absolute Gasteiger partial charge is 0.451 e. The van der Waals surface area contributed by atoms with Crippen LogP contribution in [0.4, 0.5) is 11.4 Å². The maximum atomic E-state index is 12.7. The molecule has 1 unspecified atom stereocenters. The minimum Gasteiger partial charge on any atom is -0.451 e. The highest BCUT2D eigenvalue weighted by Crippen LogP contribution is 2.28. The van der Waals surface area contributed by atoms with E-state index in [4.69, 9.17) is 4.42 Å². The summed E-state index contributed by atoms with van der Waals surface area (Å²) in [6, 6.07) is 13.2. The lowest BCUT2D eigenvalue weighted by atomic mass is 10.1. The van der Waals surface area contributed by atoms with Gasteiger partial charge in [-0.1, -0.05) is 22.0 Å². The summed E-state index contributed by atoms with van der Waals surface area (Å²) in [5, 5.41) is 6.71. The highest BCUT2D eigenvalue weighted by atomic mass is 79.9. The van der Waals surface area contributed by atoms with Crippen molar-refractivity contribution < 1.29 is 14.0 Å². The third kappa shape index (κ3) is 4.93. The lowest BCUT2D eigenvalue weighted by molar-refractivity contribution is -0.116. The molecule has 1 atom stereocenters. The van der Waals surface area contributed by atoms with Gasteiger partial charge in [-0.2, -0.15) is 0 Å². The average Bonchev–Trinajstić information content (AvgIpc) is 3.37. The van der Waals surface area contributed by atoms with Gasteiger partial charge in [-0.25, -0.2) is 0 Å². The quantitative estimate of drug-likeness (QED) is 0.501. The van der Waals surface area contributed by atoms with Crippen LogP contribution in [0.15, 0.2) is 51.4 Å². The van der Waals surface area contributed by atoms with Crippen LogP contribution in [0.5, 0.6) is 0 Å². The summed E-state index contributed by atoms with van der Waals surface area (Å²) in [6.45, 7) is 5.78. The van der Waals surface area contributed by atoms with Crippen LogP contribution in [0.1, 0.15) is 42.3 Å². The van der Waals surface area contributed by atoms with Crippen molar-refractivity contribution in [2.45, 2.75) is 39.2 Å². The Bertz CT molecular complexity index is 1120. The number of anilines is 2. The maximum absolute atomic E-state index is 12.7. The fraction of sp³-hybridized carbons (Fsp3) is 0.333. The van der Waals surface area contributed by atoms with Crippen molar-refractivity contribution in [1.82, 2.24) is 5.32 Å². The summed E-state index contributed by atoms with van der Waals surface area (Å²) in [6.07, 6.45) is 2.58. The molecule has 162 valence electrons. The smallest absolute Gasteiger partial charge is 0.287 e. The first-order chi connectivity index (χ1) is 14.9. The number of furan rings is 1. The zero-order valence-electron chi connectivity index (χ0n) is 17.7. The van der Waals surface area contributed by atoms with Gasteiger partial charge in [0.25, 0.3) is 5.91 Å². The summed E-state index contributed by atoms with van der Waals surface area (Å²) in [5.41, 5.74) is 3.34. The number of aryl methyl sites for hydroxylation is 1. The Morgan fingerprint density at radius 2 is 1.94 bits per heavy atom. The number of nitrogens with one attached hydrogen (secondary N) is 2. The van der Waals surface area contributed by atoms with Gasteiger partial charge in [-0.05, 0) is 63.1 Å². The molecule has 31 heavy (non-hydrogen) atoms. The first-order valence-corrected chi connectivity index (χ1v) is 11.3. The average molecular weight is 484 g/mol. The van der Waals surface area contributed by atoms with Crippen LogP contribution >= 0.6 is 15.9 Å². The van der Waals surface area contributed by atoms with Gasteiger partial charge in [0.2, 0.25) is 5.91 Å². The molecule has 2 N–H and O–H groups in total. The first-order valence-electron chi connectivity index (χ1n) is 10.5. The van der Waals surface area contributed by atoms with Crippen LogP contribution in [0.3, 0.4) is 0 Å². The molecule has 2 aromatic carbocycles. The zero-order chi connectivity index (χ0) is 22.0. The molecule has 0 radical (unpaired) electrons. The van der Waals surface area contributed by atoms with E-state index < -0.39 is 0 Å². The Morgan fingerprint density at radius 3 is 2.71 bits per heavy atom. The van der Waals surface area contributed by atoms with Crippen LogP contribution < -0.4 is 15.5 Å². The lowest BCUT2D eigenvalue weighted by Gasteiger charge is -2.19. The number of fused-ring (bicyclic) bond motifs is 1. The summed E-state index contributed by atoms with van der Waals surface area (Å²) >= 11 is 3.44. The Morgan fingerprint density at radius 1 is 1.16 bits per heavy atom. The molecule has 6 nitrogen and oxygen atoms in total. The number of hydrogen-bond donors (Lipinski definition) is 2. The number of hydrogen-bond acceptors (Lipinski definition) is 4. The fourth-order valence-electron chi connectivity index (χ4n) is 4.00. The molecule has 2 heterocycles. The van der Waals surface area contributed by atoms with Crippen LogP contribution in [-0.2, 0) is 4.79 Å². The van der Waals surface area contributed by atoms with Crippen LogP contribution in [0.25, 0.3) is 11.0 Å². The Kier molecular flexibility index (Phi) is 6.32. The van der Waals surface area contributed by atoms with Crippen molar-refractivity contribution >= 4 is 50.1 Å². The highest BCUT2D eigenvalue weighted by Gasteiger charge is 2.21. The standard InChI is InChI=1S/C24H26BrN3O3/c1-15(26-24(30)23-16(2)20-13-17(25)8-9-21(20)31-23)12-22(29)27-18-6-5-7-19(14-18)28-10-3-4-11-28/h5-9,13-15H,3-4,10-12H2,1-2H3,(H,26,30)(H,27,29). The molecule has 2 amide bonds. The van der Waals surface area contributed by atoms with Crippen molar-refractivity contribution in [3.63, 3.8) is 0 Å². The van der Waals surface area contributed by atoms with E-state index in [2.05, 4.69) is 37.5 Å². The number of benzene rings is 2. The monoisotopic (exact) mass is 483 g/mol. The lowest BCUT2D eigenvalue weighted by Crippen LogP contribution is -2.35. The van der Waals surface area contributed by atoms with E-state index in [1.807, 2.05) is 50.2 Å². The van der Waals surface area contributed by atoms with Crippen molar-refractivity contribution in [3.8, 4) is 0 Å². The third-order valence-electron chi connectivity index (χ3n) is 5.57. The molecule has 0 saturated carbocycles. The van der Waals surface area contributed by atoms with Crippen molar-refractivity contribution in [2.75, 3.05) is 23.3 Å². The molecule has 4 rings (SSSR count). The molecular formula is C24H26BrN3O3.